The van der Waals surface area contributed by atoms with Crippen LogP contribution in [0.1, 0.15) is 22.8 Å². The molecular formula is C20H21F3N2O4. The van der Waals surface area contributed by atoms with E-state index in [1.54, 1.807) is 30.2 Å². The molecule has 0 bridgehead atoms. The number of ether oxygens (including phenoxy) is 3. The number of amides is 1. The van der Waals surface area contributed by atoms with Gasteiger partial charge in [-0.25, -0.2) is 4.98 Å². The zero-order valence-electron chi connectivity index (χ0n) is 15.8. The Morgan fingerprint density at radius 3 is 2.86 bits per heavy atom. The van der Waals surface area contributed by atoms with Crippen molar-refractivity contribution in [1.29, 1.82) is 0 Å². The summed E-state index contributed by atoms with van der Waals surface area (Å²) in [7, 11) is 0. The van der Waals surface area contributed by atoms with Crippen molar-refractivity contribution in [2.24, 2.45) is 0 Å². The maximum absolute atomic E-state index is 12.9. The van der Waals surface area contributed by atoms with Crippen molar-refractivity contribution in [3.63, 3.8) is 0 Å². The van der Waals surface area contributed by atoms with Gasteiger partial charge in [-0.3, -0.25) is 4.79 Å². The van der Waals surface area contributed by atoms with Gasteiger partial charge in [0.05, 0.1) is 25.3 Å². The standard InChI is InChI=1S/C20H21F3N2O4/c1-2-27-18-17(7-4-8-24-18)19(26)25-9-10-28-16(12-25)13-29-15-6-3-5-14(11-15)20(21,22)23/h3-8,11,16H,2,9-10,12-13H2,1H3. The fraction of sp³-hybridized carbons (Fsp3) is 0.400. The van der Waals surface area contributed by atoms with Crippen LogP contribution >= 0.6 is 0 Å². The van der Waals surface area contributed by atoms with E-state index in [1.165, 1.54) is 12.1 Å². The maximum atomic E-state index is 12.9. The van der Waals surface area contributed by atoms with Crippen molar-refractivity contribution in [2.45, 2.75) is 19.2 Å². The lowest BCUT2D eigenvalue weighted by molar-refractivity contribution is -0.137. The molecule has 0 N–H and O–H groups in total. The lowest BCUT2D eigenvalue weighted by Crippen LogP contribution is -2.47. The highest BCUT2D eigenvalue weighted by molar-refractivity contribution is 5.96. The van der Waals surface area contributed by atoms with Crippen LogP contribution in [0.2, 0.25) is 0 Å². The molecule has 156 valence electrons. The minimum absolute atomic E-state index is 0.0243. The molecule has 2 aromatic rings. The molecule has 6 nitrogen and oxygen atoms in total. The second-order valence-corrected chi connectivity index (χ2v) is 6.37. The molecule has 1 fully saturated rings. The van der Waals surface area contributed by atoms with Crippen LogP contribution in [0, 0.1) is 0 Å². The number of pyridine rings is 1. The number of benzene rings is 1. The summed E-state index contributed by atoms with van der Waals surface area (Å²) >= 11 is 0. The lowest BCUT2D eigenvalue weighted by Gasteiger charge is -2.33. The Morgan fingerprint density at radius 2 is 2.10 bits per heavy atom. The first kappa shape index (κ1) is 20.9. The van der Waals surface area contributed by atoms with Gasteiger partial charge in [-0.2, -0.15) is 13.2 Å². The highest BCUT2D eigenvalue weighted by Crippen LogP contribution is 2.31. The lowest BCUT2D eigenvalue weighted by atomic mass is 10.2. The van der Waals surface area contributed by atoms with Crippen LogP contribution in [0.15, 0.2) is 42.6 Å². The van der Waals surface area contributed by atoms with Crippen LogP contribution < -0.4 is 9.47 Å². The summed E-state index contributed by atoms with van der Waals surface area (Å²) in [6.07, 6.45) is -3.35. The van der Waals surface area contributed by atoms with Gasteiger partial charge in [0.1, 0.15) is 24.0 Å². The molecule has 2 heterocycles. The maximum Gasteiger partial charge on any atom is 0.416 e. The minimum Gasteiger partial charge on any atom is -0.491 e. The molecule has 1 aliphatic rings. The molecule has 1 atom stereocenters. The fourth-order valence-electron chi connectivity index (χ4n) is 2.93. The second kappa shape index (κ2) is 9.13. The van der Waals surface area contributed by atoms with Crippen molar-refractivity contribution < 1.29 is 32.2 Å². The molecule has 1 amide bonds. The van der Waals surface area contributed by atoms with Gasteiger partial charge in [-0.15, -0.1) is 0 Å². The average Bonchev–Trinajstić information content (AvgIpc) is 2.72. The monoisotopic (exact) mass is 410 g/mol. The third kappa shape index (κ3) is 5.38. The van der Waals surface area contributed by atoms with Gasteiger partial charge in [-0.05, 0) is 37.3 Å². The molecular weight excluding hydrogens is 389 g/mol. The van der Waals surface area contributed by atoms with Crippen LogP contribution in [0.25, 0.3) is 0 Å². The number of rotatable bonds is 6. The van der Waals surface area contributed by atoms with E-state index in [2.05, 4.69) is 4.98 Å². The third-order valence-corrected chi connectivity index (χ3v) is 4.31. The molecule has 1 aliphatic heterocycles. The number of aromatic nitrogens is 1. The number of carbonyl (C=O) groups is 1. The normalized spacial score (nSPS) is 17.1. The molecule has 0 spiro atoms. The van der Waals surface area contributed by atoms with Crippen molar-refractivity contribution in [2.75, 3.05) is 32.9 Å². The molecule has 0 radical (unpaired) electrons. The SMILES string of the molecule is CCOc1ncccc1C(=O)N1CCOC(COc2cccc(C(F)(F)F)c2)C1. The molecule has 1 unspecified atom stereocenters. The van der Waals surface area contributed by atoms with Gasteiger partial charge >= 0.3 is 6.18 Å². The molecule has 9 heteroatoms. The van der Waals surface area contributed by atoms with Gasteiger partial charge in [0.2, 0.25) is 5.88 Å². The van der Waals surface area contributed by atoms with Gasteiger partial charge in [0.25, 0.3) is 5.91 Å². The van der Waals surface area contributed by atoms with Gasteiger partial charge in [-0.1, -0.05) is 6.07 Å². The third-order valence-electron chi connectivity index (χ3n) is 4.31. The van der Waals surface area contributed by atoms with E-state index in [0.29, 0.717) is 25.3 Å². The van der Waals surface area contributed by atoms with Crippen LogP contribution in [0.4, 0.5) is 13.2 Å². The first-order chi connectivity index (χ1) is 13.9. The quantitative estimate of drug-likeness (QED) is 0.730. The summed E-state index contributed by atoms with van der Waals surface area (Å²) in [5.41, 5.74) is -0.426. The van der Waals surface area contributed by atoms with Gasteiger partial charge in [0, 0.05) is 12.7 Å². The van der Waals surface area contributed by atoms with Crippen LogP contribution in [-0.2, 0) is 10.9 Å². The highest BCUT2D eigenvalue weighted by atomic mass is 19.4. The number of halogens is 3. The first-order valence-corrected chi connectivity index (χ1v) is 9.17. The Bertz CT molecular complexity index is 844. The molecule has 0 aliphatic carbocycles. The van der Waals surface area contributed by atoms with E-state index in [4.69, 9.17) is 14.2 Å². The Balaban J connectivity index is 1.62. The van der Waals surface area contributed by atoms with Crippen molar-refractivity contribution >= 4 is 5.91 Å². The van der Waals surface area contributed by atoms with Crippen LogP contribution in [-0.4, -0.2) is 54.8 Å². The summed E-state index contributed by atoms with van der Waals surface area (Å²) in [4.78, 5) is 18.5. The largest absolute Gasteiger partial charge is 0.491 e. The molecule has 29 heavy (non-hydrogen) atoms. The van der Waals surface area contributed by atoms with E-state index >= 15 is 0 Å². The molecule has 0 saturated carbocycles. The number of hydrogen-bond acceptors (Lipinski definition) is 5. The summed E-state index contributed by atoms with van der Waals surface area (Å²) in [5.74, 6) is 0.120. The van der Waals surface area contributed by atoms with Gasteiger partial charge in [0.15, 0.2) is 0 Å². The number of carbonyl (C=O) groups excluding carboxylic acids is 1. The topological polar surface area (TPSA) is 60.9 Å². The highest BCUT2D eigenvalue weighted by Gasteiger charge is 2.31. The second-order valence-electron chi connectivity index (χ2n) is 6.37. The number of morpholine rings is 1. The van der Waals surface area contributed by atoms with E-state index in [0.717, 1.165) is 12.1 Å². The minimum atomic E-state index is -4.44. The Labute approximate surface area is 166 Å². The smallest absolute Gasteiger partial charge is 0.416 e. The molecule has 3 rings (SSSR count). The number of alkyl halides is 3. The van der Waals surface area contributed by atoms with E-state index < -0.39 is 17.8 Å². The van der Waals surface area contributed by atoms with Gasteiger partial charge < -0.3 is 19.1 Å². The summed E-state index contributed by atoms with van der Waals surface area (Å²) in [6, 6.07) is 7.96. The van der Waals surface area contributed by atoms with E-state index in [9.17, 15) is 18.0 Å². The zero-order chi connectivity index (χ0) is 20.9. The van der Waals surface area contributed by atoms with Crippen LogP contribution in [0.3, 0.4) is 0 Å². The van der Waals surface area contributed by atoms with Crippen molar-refractivity contribution in [3.05, 3.63) is 53.7 Å². The fourth-order valence-corrected chi connectivity index (χ4v) is 2.93. The molecule has 1 aromatic heterocycles. The Hall–Kier alpha value is -2.81. The van der Waals surface area contributed by atoms with E-state index in [-0.39, 0.29) is 30.7 Å². The van der Waals surface area contributed by atoms with Crippen LogP contribution in [0.5, 0.6) is 11.6 Å². The zero-order valence-corrected chi connectivity index (χ0v) is 15.8. The predicted octanol–water partition coefficient (Wildman–Crippen LogP) is 3.42. The number of hydrogen-bond donors (Lipinski definition) is 0. The molecule has 1 saturated heterocycles. The van der Waals surface area contributed by atoms with Crippen molar-refractivity contribution in [3.8, 4) is 11.6 Å². The Kier molecular flexibility index (Phi) is 6.58. The average molecular weight is 410 g/mol. The summed E-state index contributed by atoms with van der Waals surface area (Å²) in [6.45, 7) is 3.15. The number of nitrogens with zero attached hydrogens (tertiary/aromatic N) is 2. The van der Waals surface area contributed by atoms with E-state index in [1.807, 2.05) is 0 Å². The summed E-state index contributed by atoms with van der Waals surface area (Å²) < 4.78 is 54.9. The first-order valence-electron chi connectivity index (χ1n) is 9.17. The van der Waals surface area contributed by atoms with Crippen molar-refractivity contribution in [1.82, 2.24) is 9.88 Å². The molecule has 1 aromatic carbocycles. The summed E-state index contributed by atoms with van der Waals surface area (Å²) in [5, 5.41) is 0. The predicted molar refractivity (Wildman–Crippen MR) is 98.0 cm³/mol. The Morgan fingerprint density at radius 1 is 1.28 bits per heavy atom.